The molecule has 1 atom stereocenters. The molecule has 0 unspecified atom stereocenters. The number of carbonyl (C=O) groups excluding carboxylic acids is 1. The average Bonchev–Trinajstić information content (AvgIpc) is 2.39. The van der Waals surface area contributed by atoms with Crippen molar-refractivity contribution in [2.24, 2.45) is 5.73 Å². The Kier molecular flexibility index (Phi) is 5.58. The Morgan fingerprint density at radius 1 is 1.40 bits per heavy atom. The summed E-state index contributed by atoms with van der Waals surface area (Å²) in [6.45, 7) is 8.60. The van der Waals surface area contributed by atoms with E-state index in [9.17, 15) is 15.0 Å². The molecule has 1 aromatic rings. The van der Waals surface area contributed by atoms with E-state index in [0.717, 1.165) is 5.57 Å². The van der Waals surface area contributed by atoms with Crippen LogP contribution < -0.4 is 5.73 Å². The first-order valence-corrected chi connectivity index (χ1v) is 6.54. The number of phenolic OH excluding ortho intramolecular Hbond substituents is 2. The Balaban J connectivity index is 2.73. The summed E-state index contributed by atoms with van der Waals surface area (Å²) >= 11 is 0. The number of hydrogen-bond donors (Lipinski definition) is 3. The molecule has 0 radical (unpaired) electrons. The van der Waals surface area contributed by atoms with E-state index in [1.807, 2.05) is 13.8 Å². The van der Waals surface area contributed by atoms with Crippen molar-refractivity contribution in [3.63, 3.8) is 0 Å². The van der Waals surface area contributed by atoms with Gasteiger partial charge in [-0.1, -0.05) is 18.2 Å². The molecule has 110 valence electrons. The predicted molar refractivity (Wildman–Crippen MR) is 78.5 cm³/mol. The molecule has 20 heavy (non-hydrogen) atoms. The van der Waals surface area contributed by atoms with Crippen molar-refractivity contribution in [2.75, 3.05) is 13.1 Å². The van der Waals surface area contributed by atoms with Crippen LogP contribution in [0.15, 0.2) is 30.4 Å². The summed E-state index contributed by atoms with van der Waals surface area (Å²) in [6, 6.07) is 3.75. The van der Waals surface area contributed by atoms with E-state index in [4.69, 9.17) is 5.73 Å². The monoisotopic (exact) mass is 278 g/mol. The zero-order valence-corrected chi connectivity index (χ0v) is 12.0. The van der Waals surface area contributed by atoms with Crippen LogP contribution in [0, 0.1) is 0 Å². The fourth-order valence-corrected chi connectivity index (χ4v) is 1.94. The van der Waals surface area contributed by atoms with Crippen LogP contribution in [-0.2, 0) is 11.2 Å². The lowest BCUT2D eigenvalue weighted by Crippen LogP contribution is -2.45. The smallest absolute Gasteiger partial charge is 0.240 e. The number of carbonyl (C=O) groups is 1. The molecule has 1 amide bonds. The fraction of sp³-hybridized carbons (Fsp3) is 0.400. The van der Waals surface area contributed by atoms with Gasteiger partial charge in [-0.05, 0) is 38.0 Å². The van der Waals surface area contributed by atoms with Crippen molar-refractivity contribution in [1.82, 2.24) is 4.90 Å². The summed E-state index contributed by atoms with van der Waals surface area (Å²) in [5.41, 5.74) is 7.52. The number of amides is 1. The van der Waals surface area contributed by atoms with Gasteiger partial charge in [0.1, 0.15) is 0 Å². The highest BCUT2D eigenvalue weighted by Gasteiger charge is 2.20. The number of nitrogens with two attached hydrogens (primary N) is 1. The highest BCUT2D eigenvalue weighted by atomic mass is 16.3. The van der Waals surface area contributed by atoms with E-state index in [2.05, 4.69) is 6.58 Å². The summed E-state index contributed by atoms with van der Waals surface area (Å²) < 4.78 is 0. The maximum Gasteiger partial charge on any atom is 0.240 e. The predicted octanol–water partition coefficient (Wildman–Crippen LogP) is 1.39. The first-order chi connectivity index (χ1) is 9.35. The number of phenols is 2. The van der Waals surface area contributed by atoms with Gasteiger partial charge in [-0.15, -0.1) is 0 Å². The lowest BCUT2D eigenvalue weighted by Gasteiger charge is -2.24. The minimum Gasteiger partial charge on any atom is -0.504 e. The molecule has 0 spiro atoms. The van der Waals surface area contributed by atoms with Crippen molar-refractivity contribution >= 4 is 5.91 Å². The second-order valence-electron chi connectivity index (χ2n) is 4.94. The van der Waals surface area contributed by atoms with Crippen LogP contribution in [0.25, 0.3) is 0 Å². The number of hydrogen-bond acceptors (Lipinski definition) is 4. The molecule has 0 saturated heterocycles. The second-order valence-corrected chi connectivity index (χ2v) is 4.94. The summed E-state index contributed by atoms with van der Waals surface area (Å²) in [5, 5.41) is 18.7. The lowest BCUT2D eigenvalue weighted by atomic mass is 10.0. The fourth-order valence-electron chi connectivity index (χ4n) is 1.94. The van der Waals surface area contributed by atoms with Crippen molar-refractivity contribution in [1.29, 1.82) is 0 Å². The molecule has 0 saturated carbocycles. The maximum atomic E-state index is 12.2. The van der Waals surface area contributed by atoms with Gasteiger partial charge in [-0.2, -0.15) is 0 Å². The Morgan fingerprint density at radius 3 is 2.55 bits per heavy atom. The molecule has 4 N–H and O–H groups in total. The Labute approximate surface area is 119 Å². The third-order valence-electron chi connectivity index (χ3n) is 2.97. The van der Waals surface area contributed by atoms with Gasteiger partial charge in [-0.3, -0.25) is 4.79 Å². The largest absolute Gasteiger partial charge is 0.504 e. The number of nitrogens with zero attached hydrogens (tertiary/aromatic N) is 1. The van der Waals surface area contributed by atoms with Crippen LogP contribution in [0.4, 0.5) is 0 Å². The van der Waals surface area contributed by atoms with Gasteiger partial charge in [0.2, 0.25) is 5.91 Å². The molecular weight excluding hydrogens is 256 g/mol. The van der Waals surface area contributed by atoms with E-state index in [0.29, 0.717) is 25.1 Å². The molecule has 0 aliphatic heterocycles. The quantitative estimate of drug-likeness (QED) is 0.542. The second kappa shape index (κ2) is 6.96. The van der Waals surface area contributed by atoms with E-state index >= 15 is 0 Å². The van der Waals surface area contributed by atoms with E-state index in [-0.39, 0.29) is 17.4 Å². The van der Waals surface area contributed by atoms with Gasteiger partial charge < -0.3 is 20.8 Å². The van der Waals surface area contributed by atoms with E-state index in [1.54, 1.807) is 11.0 Å². The summed E-state index contributed by atoms with van der Waals surface area (Å²) in [5.74, 6) is -0.550. The van der Waals surface area contributed by atoms with Crippen LogP contribution >= 0.6 is 0 Å². The van der Waals surface area contributed by atoms with Gasteiger partial charge >= 0.3 is 0 Å². The SMILES string of the molecule is C=C(C)CN(CC)C(=O)[C@@H](N)Cc1ccc(O)c(O)c1. The highest BCUT2D eigenvalue weighted by Crippen LogP contribution is 2.25. The summed E-state index contributed by atoms with van der Waals surface area (Å²) in [7, 11) is 0. The molecule has 5 heteroatoms. The minimum atomic E-state index is -0.682. The van der Waals surface area contributed by atoms with Crippen molar-refractivity contribution in [3.05, 3.63) is 35.9 Å². The molecule has 0 aliphatic rings. The van der Waals surface area contributed by atoms with Gasteiger partial charge in [0.25, 0.3) is 0 Å². The molecular formula is C15H22N2O3. The van der Waals surface area contributed by atoms with Crippen molar-refractivity contribution < 1.29 is 15.0 Å². The molecule has 0 heterocycles. The molecule has 0 fully saturated rings. The lowest BCUT2D eigenvalue weighted by molar-refractivity contribution is -0.132. The van der Waals surface area contributed by atoms with Gasteiger partial charge in [0.15, 0.2) is 11.5 Å². The Morgan fingerprint density at radius 2 is 2.05 bits per heavy atom. The topological polar surface area (TPSA) is 86.8 Å². The van der Waals surface area contributed by atoms with Crippen LogP contribution in [0.1, 0.15) is 19.4 Å². The minimum absolute atomic E-state index is 0.150. The molecule has 0 aromatic heterocycles. The standard InChI is InChI=1S/C15H22N2O3/c1-4-17(9-10(2)3)15(20)12(16)7-11-5-6-13(18)14(19)8-11/h5-6,8,12,18-19H,2,4,7,9,16H2,1,3H3/t12-/m0/s1. The first-order valence-electron chi connectivity index (χ1n) is 6.54. The summed E-state index contributed by atoms with van der Waals surface area (Å²) in [6.07, 6.45) is 0.305. The summed E-state index contributed by atoms with van der Waals surface area (Å²) in [4.78, 5) is 13.9. The number of likely N-dealkylation sites (N-methyl/N-ethyl adjacent to an activating group) is 1. The Bertz CT molecular complexity index is 500. The molecule has 1 aromatic carbocycles. The van der Waals surface area contributed by atoms with E-state index < -0.39 is 6.04 Å². The molecule has 5 nitrogen and oxygen atoms in total. The zero-order chi connectivity index (χ0) is 15.3. The first kappa shape index (κ1) is 16.0. The number of aromatic hydroxyl groups is 2. The van der Waals surface area contributed by atoms with Crippen LogP contribution in [0.3, 0.4) is 0 Å². The maximum absolute atomic E-state index is 12.2. The van der Waals surface area contributed by atoms with Crippen LogP contribution in [0.5, 0.6) is 11.5 Å². The van der Waals surface area contributed by atoms with Gasteiger partial charge in [0.05, 0.1) is 6.04 Å². The van der Waals surface area contributed by atoms with Crippen LogP contribution in [-0.4, -0.2) is 40.2 Å². The van der Waals surface area contributed by atoms with Crippen molar-refractivity contribution in [2.45, 2.75) is 26.3 Å². The van der Waals surface area contributed by atoms with E-state index in [1.165, 1.54) is 12.1 Å². The van der Waals surface area contributed by atoms with Gasteiger partial charge in [-0.25, -0.2) is 0 Å². The third-order valence-corrected chi connectivity index (χ3v) is 2.97. The van der Waals surface area contributed by atoms with Gasteiger partial charge in [0, 0.05) is 13.1 Å². The Hall–Kier alpha value is -2.01. The van der Waals surface area contributed by atoms with Crippen molar-refractivity contribution in [3.8, 4) is 11.5 Å². The normalized spacial score (nSPS) is 11.9. The third kappa shape index (κ3) is 4.28. The molecule has 0 bridgehead atoms. The number of benzene rings is 1. The highest BCUT2D eigenvalue weighted by molar-refractivity contribution is 5.82. The average molecular weight is 278 g/mol. The molecule has 1 rings (SSSR count). The number of rotatable bonds is 6. The molecule has 0 aliphatic carbocycles. The van der Waals surface area contributed by atoms with Crippen LogP contribution in [0.2, 0.25) is 0 Å². The zero-order valence-electron chi connectivity index (χ0n) is 12.0.